The van der Waals surface area contributed by atoms with E-state index in [1.165, 1.54) is 10.5 Å². The topological polar surface area (TPSA) is 209 Å². The Morgan fingerprint density at radius 3 is 2.10 bits per heavy atom. The number of aliphatic imine (C=N–C) groups is 1. The normalized spacial score (nSPS) is 39.7. The molecule has 12 nitrogen and oxygen atoms in total. The molecule has 5 aliphatic rings. The van der Waals surface area contributed by atoms with Gasteiger partial charge in [-0.1, -0.05) is 47.1 Å². The van der Waals surface area contributed by atoms with Crippen LogP contribution in [0.5, 0.6) is 0 Å². The van der Waals surface area contributed by atoms with E-state index in [0.717, 1.165) is 38.5 Å². The predicted molar refractivity (Wildman–Crippen MR) is 191 cm³/mol. The molecule has 280 valence electrons. The van der Waals surface area contributed by atoms with E-state index >= 15 is 0 Å². The summed E-state index contributed by atoms with van der Waals surface area (Å²) in [5.74, 6) is -1.91. The molecule has 50 heavy (non-hydrogen) atoms. The number of nitrogens with one attached hydrogen (secondary N) is 1. The van der Waals surface area contributed by atoms with Gasteiger partial charge in [0, 0.05) is 25.4 Å². The van der Waals surface area contributed by atoms with Gasteiger partial charge in [-0.05, 0) is 104 Å². The minimum Gasteiger partial charge on any atom is -0.481 e. The Balaban J connectivity index is 0.000000551. The van der Waals surface area contributed by atoms with Crippen molar-refractivity contribution in [2.24, 2.45) is 66.7 Å². The van der Waals surface area contributed by atoms with E-state index in [9.17, 15) is 24.3 Å². The average molecular weight is 700 g/mol. The molecule has 0 radical (unpaired) electrons. The first-order valence-corrected chi connectivity index (χ1v) is 18.1. The molecule has 5 rings (SSSR count). The van der Waals surface area contributed by atoms with E-state index in [4.69, 9.17) is 26.7 Å². The molecule has 4 saturated carbocycles. The highest BCUT2D eigenvalue weighted by molar-refractivity contribution is 5.96. The van der Waals surface area contributed by atoms with Crippen molar-refractivity contribution in [3.05, 3.63) is 11.6 Å². The number of allylic oxidation sites excluding steroid dienone is 2. The maximum absolute atomic E-state index is 14.5. The van der Waals surface area contributed by atoms with Gasteiger partial charge in [0.15, 0.2) is 11.7 Å². The summed E-state index contributed by atoms with van der Waals surface area (Å²) in [5, 5.41) is 26.2. The highest BCUT2D eigenvalue weighted by Gasteiger charge is 2.70. The van der Waals surface area contributed by atoms with Crippen LogP contribution in [0.15, 0.2) is 16.6 Å². The van der Waals surface area contributed by atoms with Crippen LogP contribution in [0, 0.1) is 55.7 Å². The summed E-state index contributed by atoms with van der Waals surface area (Å²) in [4.78, 5) is 55.2. The molecular formula is C38H61N5O7. The van der Waals surface area contributed by atoms with Gasteiger partial charge in [0.25, 0.3) is 0 Å². The fraction of sp³-hybridized carbons (Fsp3) is 0.789. The van der Waals surface area contributed by atoms with Crippen molar-refractivity contribution in [3.8, 4) is 0 Å². The van der Waals surface area contributed by atoms with Crippen molar-refractivity contribution in [3.63, 3.8) is 0 Å². The third kappa shape index (κ3) is 6.56. The number of carbonyl (C=O) groups is 4. The lowest BCUT2D eigenvalue weighted by Crippen LogP contribution is -2.66. The number of rotatable bonds is 5. The average Bonchev–Trinajstić information content (AvgIpc) is 2.99. The molecule has 4 fully saturated rings. The molecule has 5 aliphatic carbocycles. The summed E-state index contributed by atoms with van der Waals surface area (Å²) < 4.78 is 5.91. The van der Waals surface area contributed by atoms with E-state index in [-0.39, 0.29) is 81.5 Å². The first kappa shape index (κ1) is 39.3. The second-order valence-corrected chi connectivity index (χ2v) is 18.0. The van der Waals surface area contributed by atoms with Crippen LogP contribution in [0.3, 0.4) is 0 Å². The highest BCUT2D eigenvalue weighted by Crippen LogP contribution is 2.75. The molecule has 0 heterocycles. The van der Waals surface area contributed by atoms with Gasteiger partial charge in [0.05, 0.1) is 18.3 Å². The summed E-state index contributed by atoms with van der Waals surface area (Å²) in [7, 11) is 3.38. The van der Waals surface area contributed by atoms with Crippen LogP contribution >= 0.6 is 0 Å². The van der Waals surface area contributed by atoms with Crippen LogP contribution in [0.2, 0.25) is 0 Å². The maximum Gasteiger partial charge on any atom is 0.309 e. The van der Waals surface area contributed by atoms with Gasteiger partial charge < -0.3 is 31.3 Å². The van der Waals surface area contributed by atoms with Gasteiger partial charge in [-0.15, -0.1) is 0 Å². The second-order valence-electron chi connectivity index (χ2n) is 18.0. The van der Waals surface area contributed by atoms with Gasteiger partial charge in [0.1, 0.15) is 6.10 Å². The molecule has 9 atom stereocenters. The summed E-state index contributed by atoms with van der Waals surface area (Å²) >= 11 is 0. The van der Waals surface area contributed by atoms with Crippen LogP contribution < -0.4 is 11.5 Å². The zero-order valence-corrected chi connectivity index (χ0v) is 31.6. The molecule has 7 N–H and O–H groups in total. The lowest BCUT2D eigenvalue weighted by Gasteiger charge is -2.70. The third-order valence-corrected chi connectivity index (χ3v) is 14.5. The SMILES string of the molecule is CC1(C)[C@@H](OC(=O)CCC(=O)O)CC[C@]2(C)[C@H]3C(=O)C=C4[C@@H]5C[C@@](C)(C(=O)O)CC[C@]5(C)CC[C@@]4(C)[C@]3(C)CC[C@@H]12.CN(C)C(=N)N=C(N)N. The number of aliphatic carboxylic acids is 2. The maximum atomic E-state index is 14.5. The van der Waals surface area contributed by atoms with Gasteiger partial charge in [0.2, 0.25) is 5.96 Å². The number of hydrogen-bond donors (Lipinski definition) is 5. The van der Waals surface area contributed by atoms with Gasteiger partial charge in [-0.3, -0.25) is 24.6 Å². The summed E-state index contributed by atoms with van der Waals surface area (Å²) in [6, 6.07) is 0. The molecule has 0 amide bonds. The molecule has 0 aromatic rings. The molecule has 0 saturated heterocycles. The van der Waals surface area contributed by atoms with E-state index in [1.54, 1.807) is 14.1 Å². The minimum atomic E-state index is -1.01. The van der Waals surface area contributed by atoms with Gasteiger partial charge in [-0.25, -0.2) is 0 Å². The van der Waals surface area contributed by atoms with Crippen LogP contribution in [0.25, 0.3) is 0 Å². The molecule has 0 aliphatic heterocycles. The number of carbonyl (C=O) groups excluding carboxylic acids is 2. The number of nitrogens with zero attached hydrogens (tertiary/aromatic N) is 2. The fourth-order valence-electron chi connectivity index (χ4n) is 11.2. The van der Waals surface area contributed by atoms with Crippen molar-refractivity contribution < 1.29 is 34.1 Å². The number of guanidine groups is 2. The largest absolute Gasteiger partial charge is 0.481 e. The van der Waals surface area contributed by atoms with Crippen LogP contribution in [0.4, 0.5) is 0 Å². The lowest BCUT2D eigenvalue weighted by molar-refractivity contribution is -0.211. The van der Waals surface area contributed by atoms with E-state index in [2.05, 4.69) is 46.5 Å². The van der Waals surface area contributed by atoms with Crippen molar-refractivity contribution in [2.75, 3.05) is 14.1 Å². The first-order valence-electron chi connectivity index (χ1n) is 18.1. The minimum absolute atomic E-state index is 0.0233. The number of ketones is 1. The lowest BCUT2D eigenvalue weighted by atomic mass is 9.33. The number of hydrogen-bond acceptors (Lipinski definition) is 6. The third-order valence-electron chi connectivity index (χ3n) is 14.5. The van der Waals surface area contributed by atoms with Gasteiger partial charge >= 0.3 is 17.9 Å². The Labute approximate surface area is 297 Å². The summed E-state index contributed by atoms with van der Waals surface area (Å²) in [6.45, 7) is 15.5. The van der Waals surface area contributed by atoms with Crippen LogP contribution in [0.1, 0.15) is 119 Å². The molecule has 12 heteroatoms. The quantitative estimate of drug-likeness (QED) is 0.137. The zero-order valence-electron chi connectivity index (χ0n) is 31.6. The zero-order chi connectivity index (χ0) is 37.8. The van der Waals surface area contributed by atoms with Gasteiger partial charge in [-0.2, -0.15) is 4.99 Å². The number of fused-ring (bicyclic) bond motifs is 7. The highest BCUT2D eigenvalue weighted by atomic mass is 16.5. The Hall–Kier alpha value is -3.44. The van der Waals surface area contributed by atoms with E-state index < -0.39 is 23.3 Å². The number of ether oxygens (including phenoxy) is 1. The smallest absolute Gasteiger partial charge is 0.309 e. The number of carboxylic acids is 2. The van der Waals surface area contributed by atoms with Crippen molar-refractivity contribution in [1.29, 1.82) is 5.41 Å². The Kier molecular flexibility index (Phi) is 10.4. The number of nitrogens with two attached hydrogens (primary N) is 2. The van der Waals surface area contributed by atoms with Crippen molar-refractivity contribution in [2.45, 2.75) is 125 Å². The van der Waals surface area contributed by atoms with E-state index in [0.29, 0.717) is 19.3 Å². The summed E-state index contributed by atoms with van der Waals surface area (Å²) in [6.07, 6.45) is 8.80. The van der Waals surface area contributed by atoms with Crippen molar-refractivity contribution >= 4 is 35.6 Å². The molecule has 0 unspecified atom stereocenters. The Morgan fingerprint density at radius 1 is 0.940 bits per heavy atom. The molecule has 0 spiro atoms. The first-order chi connectivity index (χ1) is 22.9. The van der Waals surface area contributed by atoms with Crippen molar-refractivity contribution in [1.82, 2.24) is 4.90 Å². The Bertz CT molecular complexity index is 1480. The fourth-order valence-corrected chi connectivity index (χ4v) is 11.2. The molecule has 0 bridgehead atoms. The number of esters is 1. The van der Waals surface area contributed by atoms with E-state index in [1.807, 2.05) is 13.0 Å². The molecular weight excluding hydrogens is 638 g/mol. The molecule has 0 aromatic carbocycles. The number of carboxylic acid groups (broad SMARTS) is 2. The standard InChI is InChI=1S/C34H50O7.C4H11N5/c1-29(2)23-10-13-34(7)27(32(23,5)12-11-24(29)41-26(38)9-8-25(36)37)22(35)18-20-21-19-31(4,28(39)40)15-14-30(21,3)16-17-33(20,34)6;1-9(2)4(7)8-3(5)6/h18,21,23-24,27H,8-17,19H2,1-7H3,(H,36,37)(H,39,40);1-2H3,(H5,5,6,7,8)/t21-,23-,24-,27+,30+,31-,32-,33+,34+;/m0./s1. The summed E-state index contributed by atoms with van der Waals surface area (Å²) in [5.41, 5.74) is 9.43. The Morgan fingerprint density at radius 2 is 1.56 bits per heavy atom. The monoisotopic (exact) mass is 699 g/mol. The van der Waals surface area contributed by atoms with Crippen LogP contribution in [-0.4, -0.2) is 70.9 Å². The second kappa shape index (κ2) is 13.3. The molecule has 0 aromatic heterocycles. The van der Waals surface area contributed by atoms with Crippen LogP contribution in [-0.2, 0) is 23.9 Å². The predicted octanol–water partition coefficient (Wildman–Crippen LogP) is 5.58.